The van der Waals surface area contributed by atoms with E-state index in [0.717, 1.165) is 40.7 Å². The third-order valence-electron chi connectivity index (χ3n) is 7.39. The van der Waals surface area contributed by atoms with E-state index in [1.165, 1.54) is 24.6 Å². The van der Waals surface area contributed by atoms with Crippen molar-refractivity contribution in [1.29, 1.82) is 5.26 Å². The summed E-state index contributed by atoms with van der Waals surface area (Å²) in [5, 5.41) is 16.7. The summed E-state index contributed by atoms with van der Waals surface area (Å²) >= 11 is 2.39. The number of anilines is 1. The highest BCUT2D eigenvalue weighted by Gasteiger charge is 2.39. The van der Waals surface area contributed by atoms with Crippen molar-refractivity contribution in [3.05, 3.63) is 70.2 Å². The number of alkyl halides is 3. The molecule has 5 aromatic rings. The first-order valence-corrected chi connectivity index (χ1v) is 15.8. The largest absolute Gasteiger partial charge is 0.497 e. The predicted molar refractivity (Wildman–Crippen MR) is 170 cm³/mol. The lowest BCUT2D eigenvalue weighted by Crippen LogP contribution is -2.35. The van der Waals surface area contributed by atoms with Gasteiger partial charge in [-0.1, -0.05) is 11.3 Å². The van der Waals surface area contributed by atoms with Gasteiger partial charge in [0.2, 0.25) is 5.13 Å². The molecule has 0 saturated carbocycles. The fraction of sp³-hybridized carbons (Fsp3) is 0.290. The highest BCUT2D eigenvalue weighted by molar-refractivity contribution is 7.16. The Morgan fingerprint density at radius 2 is 1.89 bits per heavy atom. The van der Waals surface area contributed by atoms with E-state index in [0.29, 0.717) is 54.2 Å². The van der Waals surface area contributed by atoms with Crippen molar-refractivity contribution in [1.82, 2.24) is 19.4 Å². The Balaban J connectivity index is 1.34. The van der Waals surface area contributed by atoms with Crippen molar-refractivity contribution in [2.75, 3.05) is 38.8 Å². The summed E-state index contributed by atoms with van der Waals surface area (Å²) in [7, 11) is 1.54. The number of hydrogen-bond acceptors (Lipinski definition) is 10. The number of aromatic nitrogens is 3. The summed E-state index contributed by atoms with van der Waals surface area (Å²) in [6.07, 6.45) is -3.31. The molecule has 4 heterocycles. The van der Waals surface area contributed by atoms with E-state index in [-0.39, 0.29) is 15.6 Å². The summed E-state index contributed by atoms with van der Waals surface area (Å²) < 4.78 is 56.2. The maximum Gasteiger partial charge on any atom is 0.435 e. The second-order valence-electron chi connectivity index (χ2n) is 10.2. The van der Waals surface area contributed by atoms with Crippen LogP contribution in [0.2, 0.25) is 0 Å². The molecule has 1 N–H and O–H groups in total. The molecule has 0 amide bonds. The number of hydrogen-bond donors (Lipinski definition) is 1. The Morgan fingerprint density at radius 3 is 2.58 bits per heavy atom. The number of nitrogens with one attached hydrogen (secondary N) is 1. The predicted octanol–water partition coefficient (Wildman–Crippen LogP) is 7.00. The minimum absolute atomic E-state index is 0.0637. The van der Waals surface area contributed by atoms with Crippen LogP contribution in [-0.2, 0) is 17.8 Å². The molecule has 1 aliphatic rings. The molecule has 0 spiro atoms. The van der Waals surface area contributed by atoms with Crippen LogP contribution >= 0.6 is 22.7 Å². The first-order valence-electron chi connectivity index (χ1n) is 14.1. The molecule has 1 saturated heterocycles. The molecule has 3 aromatic heterocycles. The number of aryl methyl sites for hydroxylation is 1. The van der Waals surface area contributed by atoms with E-state index >= 15 is 0 Å². The van der Waals surface area contributed by atoms with Gasteiger partial charge in [-0.2, -0.15) is 23.5 Å². The number of thiazole rings is 2. The van der Waals surface area contributed by atoms with Gasteiger partial charge >= 0.3 is 6.18 Å². The first kappa shape index (κ1) is 30.7. The minimum atomic E-state index is -4.78. The molecule has 0 aliphatic carbocycles. The van der Waals surface area contributed by atoms with Crippen LogP contribution in [0.4, 0.5) is 18.3 Å². The molecular weight excluding hydrogens is 624 g/mol. The Morgan fingerprint density at radius 1 is 1.13 bits per heavy atom. The van der Waals surface area contributed by atoms with Crippen LogP contribution in [-0.4, -0.2) is 64.7 Å². The number of fused-ring (bicyclic) bond motifs is 1. The Labute approximate surface area is 265 Å². The third kappa shape index (κ3) is 6.57. The lowest BCUT2D eigenvalue weighted by atomic mass is 10.1. The van der Waals surface area contributed by atoms with Crippen molar-refractivity contribution in [2.45, 2.75) is 26.2 Å². The zero-order chi connectivity index (χ0) is 31.6. The zero-order valence-electron chi connectivity index (χ0n) is 24.4. The maximum absolute atomic E-state index is 14.6. The van der Waals surface area contributed by atoms with Crippen LogP contribution in [0.25, 0.3) is 32.7 Å². The van der Waals surface area contributed by atoms with E-state index in [1.807, 2.05) is 24.4 Å². The maximum atomic E-state index is 14.6. The molecular formula is C31H28F3N7O2S2. The number of benzene rings is 2. The van der Waals surface area contributed by atoms with Crippen molar-refractivity contribution in [3.63, 3.8) is 0 Å². The minimum Gasteiger partial charge on any atom is -0.497 e. The van der Waals surface area contributed by atoms with Gasteiger partial charge in [-0.3, -0.25) is 10.3 Å². The highest BCUT2D eigenvalue weighted by atomic mass is 32.1. The van der Waals surface area contributed by atoms with Crippen molar-refractivity contribution < 1.29 is 22.6 Å². The van der Waals surface area contributed by atoms with Crippen LogP contribution in [0.1, 0.15) is 23.1 Å². The molecule has 1 fully saturated rings. The third-order valence-corrected chi connectivity index (χ3v) is 9.19. The van der Waals surface area contributed by atoms with Crippen LogP contribution in [0.15, 0.2) is 59.1 Å². The average molecular weight is 652 g/mol. The number of halogens is 3. The normalized spacial score (nSPS) is 14.5. The summed E-state index contributed by atoms with van der Waals surface area (Å²) in [5.74, 6) is 0.628. The zero-order valence-corrected chi connectivity index (χ0v) is 26.0. The van der Waals surface area contributed by atoms with Gasteiger partial charge in [-0.15, -0.1) is 11.3 Å². The molecule has 0 bridgehead atoms. The van der Waals surface area contributed by atoms with Gasteiger partial charge < -0.3 is 14.0 Å². The number of ether oxygens (including phenoxy) is 2. The molecule has 0 radical (unpaired) electrons. The summed E-state index contributed by atoms with van der Waals surface area (Å²) in [5.41, 5.74) is 4.60. The summed E-state index contributed by atoms with van der Waals surface area (Å²) in [6, 6.07) is 14.4. The molecule has 1 aliphatic heterocycles. The number of nitriles is 1. The fourth-order valence-electron chi connectivity index (χ4n) is 5.15. The Bertz CT molecular complexity index is 1880. The fourth-order valence-corrected chi connectivity index (χ4v) is 6.68. The molecule has 6 rings (SSSR count). The van der Waals surface area contributed by atoms with E-state index in [9.17, 15) is 18.4 Å². The monoisotopic (exact) mass is 651 g/mol. The number of hydrazone groups is 1. The van der Waals surface area contributed by atoms with Crippen LogP contribution < -0.4 is 10.2 Å². The topological polar surface area (TPSA) is 101 Å². The lowest BCUT2D eigenvalue weighted by Gasteiger charge is -2.25. The first-order chi connectivity index (χ1) is 21.8. The van der Waals surface area contributed by atoms with Gasteiger partial charge in [0.1, 0.15) is 27.4 Å². The van der Waals surface area contributed by atoms with Gasteiger partial charge in [0.25, 0.3) is 0 Å². The highest BCUT2D eigenvalue weighted by Crippen LogP contribution is 2.35. The van der Waals surface area contributed by atoms with E-state index in [2.05, 4.69) is 26.5 Å². The van der Waals surface area contributed by atoms with Gasteiger partial charge in [0, 0.05) is 65.3 Å². The second-order valence-corrected chi connectivity index (χ2v) is 12.1. The molecule has 0 atom stereocenters. The quantitative estimate of drug-likeness (QED) is 0.135. The van der Waals surface area contributed by atoms with E-state index in [1.54, 1.807) is 34.9 Å². The smallest absolute Gasteiger partial charge is 0.435 e. The lowest BCUT2D eigenvalue weighted by molar-refractivity contribution is -0.0580. The molecule has 2 aromatic carbocycles. The van der Waals surface area contributed by atoms with E-state index < -0.39 is 11.9 Å². The van der Waals surface area contributed by atoms with Crippen LogP contribution in [0.3, 0.4) is 0 Å². The second kappa shape index (κ2) is 13.0. The van der Waals surface area contributed by atoms with Gasteiger partial charge in [-0.25, -0.2) is 9.97 Å². The number of rotatable bonds is 9. The van der Waals surface area contributed by atoms with Crippen molar-refractivity contribution >= 4 is 44.4 Å². The molecule has 45 heavy (non-hydrogen) atoms. The van der Waals surface area contributed by atoms with Crippen molar-refractivity contribution in [2.24, 2.45) is 5.10 Å². The van der Waals surface area contributed by atoms with Gasteiger partial charge in [-0.05, 0) is 49.4 Å². The van der Waals surface area contributed by atoms with Gasteiger partial charge in [0.05, 0.1) is 26.0 Å². The molecule has 14 heteroatoms. The average Bonchev–Trinajstić information content (AvgIpc) is 3.78. The van der Waals surface area contributed by atoms with Gasteiger partial charge in [0.15, 0.2) is 5.71 Å². The number of methoxy groups -OCH3 is 1. The standard InChI is InChI=1S/C31H28F3N7O2S2/c1-3-41-17-24(23-14-20(6-9-25(23)41)29-36-21(18-44-29)16-40-10-12-43-13-11-40)28(31(32,33)34)38-39-30-37-27(26(15-35)45-30)19-4-7-22(42-2)8-5-19/h4-9,14,17-18H,3,10-13,16H2,1-2H3,(H,37,39)/b38-28-. The molecule has 0 unspecified atom stereocenters. The van der Waals surface area contributed by atoms with Crippen molar-refractivity contribution in [3.8, 4) is 33.6 Å². The van der Waals surface area contributed by atoms with E-state index in [4.69, 9.17) is 14.5 Å². The van der Waals surface area contributed by atoms with Crippen LogP contribution in [0.5, 0.6) is 5.75 Å². The number of morpholine rings is 1. The Kier molecular flexibility index (Phi) is 8.86. The summed E-state index contributed by atoms with van der Waals surface area (Å²) in [6.45, 7) is 6.09. The SMILES string of the molecule is CCn1cc(/C(=N/Nc2nc(-c3ccc(OC)cc3)c(C#N)s2)C(F)(F)F)c2cc(-c3nc(CN4CCOCC4)cs3)ccc21. The molecule has 9 nitrogen and oxygen atoms in total. The number of nitrogens with zero attached hydrogens (tertiary/aromatic N) is 6. The summed E-state index contributed by atoms with van der Waals surface area (Å²) in [4.78, 5) is 11.7. The van der Waals surface area contributed by atoms with Crippen LogP contribution in [0, 0.1) is 11.3 Å². The Hall–Kier alpha value is -4.29. The molecule has 232 valence electrons.